The molecule has 1 unspecified atom stereocenters. The minimum atomic E-state index is -0.572. The van der Waals surface area contributed by atoms with E-state index >= 15 is 0 Å². The number of carbonyl (C=O) groups excluding carboxylic acids is 2. The van der Waals surface area contributed by atoms with Crippen molar-refractivity contribution in [3.8, 4) is 0 Å². The summed E-state index contributed by atoms with van der Waals surface area (Å²) in [5, 5.41) is 7.47. The van der Waals surface area contributed by atoms with Crippen LogP contribution in [0.5, 0.6) is 0 Å². The number of hydrogen-bond acceptors (Lipinski definition) is 4. The van der Waals surface area contributed by atoms with Gasteiger partial charge < -0.3 is 10.1 Å². The van der Waals surface area contributed by atoms with Crippen molar-refractivity contribution in [1.29, 1.82) is 5.41 Å². The monoisotopic (exact) mass is 306 g/mol. The third-order valence-corrected chi connectivity index (χ3v) is 3.11. The molecule has 22 heavy (non-hydrogen) atoms. The van der Waals surface area contributed by atoms with Crippen molar-refractivity contribution in [2.45, 2.75) is 59.5 Å². The Labute approximate surface area is 132 Å². The van der Waals surface area contributed by atoms with Crippen LogP contribution in [0.2, 0.25) is 0 Å². The van der Waals surface area contributed by atoms with E-state index in [4.69, 9.17) is 10.1 Å². The molecule has 0 saturated heterocycles. The Kier molecular flexibility index (Phi) is 5.69. The smallest absolute Gasteiger partial charge is 0.315 e. The first-order valence-corrected chi connectivity index (χ1v) is 7.50. The number of nitrogens with zero attached hydrogens (tertiary/aromatic N) is 1. The highest BCUT2D eigenvalue weighted by Crippen LogP contribution is 2.28. The van der Waals surface area contributed by atoms with E-state index in [1.54, 1.807) is 25.3 Å². The zero-order chi connectivity index (χ0) is 17.1. The molecule has 122 valence electrons. The summed E-state index contributed by atoms with van der Waals surface area (Å²) < 4.78 is 6.96. The van der Waals surface area contributed by atoms with E-state index in [1.165, 1.54) is 4.57 Å². The van der Waals surface area contributed by atoms with Crippen molar-refractivity contribution in [3.05, 3.63) is 24.0 Å². The lowest BCUT2D eigenvalue weighted by Crippen LogP contribution is -2.31. The van der Waals surface area contributed by atoms with Crippen molar-refractivity contribution in [2.75, 3.05) is 0 Å². The number of esters is 1. The predicted octanol–water partition coefficient (Wildman–Crippen LogP) is 3.64. The second-order valence-corrected chi connectivity index (χ2v) is 6.91. The van der Waals surface area contributed by atoms with Crippen LogP contribution in [-0.2, 0) is 9.53 Å². The van der Waals surface area contributed by atoms with E-state index in [2.05, 4.69) is 0 Å². The summed E-state index contributed by atoms with van der Waals surface area (Å²) in [5.41, 5.74) is 0.343. The zero-order valence-electron chi connectivity index (χ0n) is 14.3. The average Bonchev–Trinajstić information content (AvgIpc) is 2.73. The molecular formula is C17H26N2O3. The summed E-state index contributed by atoms with van der Waals surface area (Å²) in [4.78, 5) is 24.7. The van der Waals surface area contributed by atoms with Crippen molar-refractivity contribution in [2.24, 2.45) is 5.92 Å². The van der Waals surface area contributed by atoms with E-state index in [-0.39, 0.29) is 24.2 Å². The number of aromatic nitrogens is 1. The minimum Gasteiger partial charge on any atom is -0.459 e. The molecule has 0 bridgehead atoms. The molecule has 5 heteroatoms. The van der Waals surface area contributed by atoms with Gasteiger partial charge in [-0.3, -0.25) is 14.2 Å². The predicted molar refractivity (Wildman–Crippen MR) is 86.5 cm³/mol. The maximum atomic E-state index is 12.5. The van der Waals surface area contributed by atoms with E-state index in [1.807, 2.05) is 34.6 Å². The lowest BCUT2D eigenvalue weighted by Gasteiger charge is -2.26. The highest BCUT2D eigenvalue weighted by Gasteiger charge is 2.32. The van der Waals surface area contributed by atoms with Crippen LogP contribution in [0.1, 0.15) is 64.4 Å². The summed E-state index contributed by atoms with van der Waals surface area (Å²) in [6.45, 7) is 10.9. The lowest BCUT2D eigenvalue weighted by atomic mass is 9.92. The van der Waals surface area contributed by atoms with E-state index < -0.39 is 11.5 Å². The molecule has 0 fully saturated rings. The molecule has 0 aliphatic rings. The van der Waals surface area contributed by atoms with Crippen molar-refractivity contribution in [3.63, 3.8) is 0 Å². The molecule has 0 aliphatic heterocycles. The van der Waals surface area contributed by atoms with Crippen LogP contribution in [-0.4, -0.2) is 27.8 Å². The molecule has 0 amide bonds. The molecule has 1 aromatic rings. The number of ether oxygens (including phenoxy) is 1. The van der Waals surface area contributed by atoms with Gasteiger partial charge in [0.2, 0.25) is 5.91 Å². The second kappa shape index (κ2) is 6.90. The van der Waals surface area contributed by atoms with Crippen LogP contribution >= 0.6 is 0 Å². The Hall–Kier alpha value is -1.91. The molecule has 5 nitrogen and oxygen atoms in total. The fourth-order valence-electron chi connectivity index (χ4n) is 2.29. The van der Waals surface area contributed by atoms with Gasteiger partial charge in [0.25, 0.3) is 0 Å². The molecule has 0 spiro atoms. The number of nitrogens with one attached hydrogen (secondary N) is 1. The molecule has 0 radical (unpaired) electrons. The van der Waals surface area contributed by atoms with Gasteiger partial charge in [0, 0.05) is 17.6 Å². The Bertz CT molecular complexity index is 565. The van der Waals surface area contributed by atoms with Crippen LogP contribution in [0.15, 0.2) is 18.3 Å². The van der Waals surface area contributed by atoms with Gasteiger partial charge in [-0.15, -0.1) is 0 Å². The first kappa shape index (κ1) is 18.1. The van der Waals surface area contributed by atoms with Gasteiger partial charge in [0.15, 0.2) is 0 Å². The number of hydrogen-bond donors (Lipinski definition) is 1. The van der Waals surface area contributed by atoms with E-state index in [9.17, 15) is 9.59 Å². The van der Waals surface area contributed by atoms with Crippen molar-refractivity contribution >= 4 is 17.6 Å². The van der Waals surface area contributed by atoms with E-state index in [0.717, 1.165) is 0 Å². The molecule has 1 atom stereocenters. The second-order valence-electron chi connectivity index (χ2n) is 6.91. The maximum absolute atomic E-state index is 12.5. The van der Waals surface area contributed by atoms with E-state index in [0.29, 0.717) is 11.4 Å². The summed E-state index contributed by atoms with van der Waals surface area (Å²) in [6, 6.07) is 3.51. The number of rotatable bonds is 5. The van der Waals surface area contributed by atoms with Crippen molar-refractivity contribution < 1.29 is 14.3 Å². The average molecular weight is 306 g/mol. The third-order valence-electron chi connectivity index (χ3n) is 3.11. The lowest BCUT2D eigenvalue weighted by molar-refractivity contribution is -0.158. The third kappa shape index (κ3) is 4.83. The normalized spacial score (nSPS) is 13.0. The van der Waals surface area contributed by atoms with Crippen LogP contribution in [0.25, 0.3) is 0 Å². The van der Waals surface area contributed by atoms with Gasteiger partial charge in [-0.2, -0.15) is 0 Å². The van der Waals surface area contributed by atoms with Gasteiger partial charge in [-0.25, -0.2) is 0 Å². The summed E-state index contributed by atoms with van der Waals surface area (Å²) in [5.74, 6) is -1.05. The topological polar surface area (TPSA) is 72.2 Å². The fourth-order valence-corrected chi connectivity index (χ4v) is 2.29. The highest BCUT2D eigenvalue weighted by molar-refractivity contribution is 5.99. The van der Waals surface area contributed by atoms with Gasteiger partial charge in [-0.05, 0) is 45.7 Å². The van der Waals surface area contributed by atoms with Gasteiger partial charge in [0.1, 0.15) is 5.60 Å². The van der Waals surface area contributed by atoms with Crippen LogP contribution in [0, 0.1) is 11.3 Å². The molecule has 1 heterocycles. The molecule has 0 saturated carbocycles. The molecule has 0 aliphatic carbocycles. The summed E-state index contributed by atoms with van der Waals surface area (Å²) >= 11 is 0. The molecule has 0 aromatic carbocycles. The Morgan fingerprint density at radius 1 is 1.32 bits per heavy atom. The Morgan fingerprint density at radius 2 is 1.91 bits per heavy atom. The van der Waals surface area contributed by atoms with Crippen LogP contribution < -0.4 is 0 Å². The summed E-state index contributed by atoms with van der Waals surface area (Å²) in [6.07, 6.45) is 1.68. The molecular weight excluding hydrogens is 280 g/mol. The molecule has 1 N–H and O–H groups in total. The van der Waals surface area contributed by atoms with Gasteiger partial charge >= 0.3 is 5.97 Å². The largest absolute Gasteiger partial charge is 0.459 e. The highest BCUT2D eigenvalue weighted by atomic mass is 16.6. The maximum Gasteiger partial charge on any atom is 0.315 e. The van der Waals surface area contributed by atoms with Crippen molar-refractivity contribution in [1.82, 2.24) is 4.57 Å². The van der Waals surface area contributed by atoms with Gasteiger partial charge in [-0.1, -0.05) is 13.8 Å². The molecule has 1 aromatic heterocycles. The van der Waals surface area contributed by atoms with Crippen LogP contribution in [0.3, 0.4) is 0 Å². The number of carbonyl (C=O) groups is 2. The standard InChI is InChI=1S/C17H26N2O3/c1-11(2)15(16(21)22-17(4,5)6)13-8-7-9-19(13)14(20)10-12(3)18/h7-9,11,15,18H,10H2,1-6H3. The molecule has 1 rings (SSSR count). The summed E-state index contributed by atoms with van der Waals surface area (Å²) in [7, 11) is 0. The first-order valence-electron chi connectivity index (χ1n) is 7.50. The van der Waals surface area contributed by atoms with Gasteiger partial charge in [0.05, 0.1) is 12.3 Å². The van der Waals surface area contributed by atoms with Crippen LogP contribution in [0.4, 0.5) is 0 Å². The zero-order valence-corrected chi connectivity index (χ0v) is 14.3. The quantitative estimate of drug-likeness (QED) is 0.667. The Balaban J connectivity index is 3.14. The SMILES string of the molecule is CC(=N)CC(=O)n1cccc1C(C(=O)OC(C)(C)C)C(C)C. The fraction of sp³-hybridized carbons (Fsp3) is 0.588. The first-order chi connectivity index (χ1) is 10.0. The minimum absolute atomic E-state index is 0.00243. The Morgan fingerprint density at radius 3 is 2.36 bits per heavy atom.